The third-order valence-corrected chi connectivity index (χ3v) is 3.52. The van der Waals surface area contributed by atoms with E-state index in [4.69, 9.17) is 0 Å². The molecule has 1 saturated carbocycles. The van der Waals surface area contributed by atoms with Crippen LogP contribution >= 0.6 is 0 Å². The molecule has 1 atom stereocenters. The van der Waals surface area contributed by atoms with Crippen LogP contribution < -0.4 is 0 Å². The van der Waals surface area contributed by atoms with Gasteiger partial charge in [0, 0.05) is 0 Å². The molecule has 2 rings (SSSR count). The highest BCUT2D eigenvalue weighted by molar-refractivity contribution is 5.79. The minimum Gasteiger partial charge on any atom is -0.469 e. The quantitative estimate of drug-likeness (QED) is 0.608. The van der Waals surface area contributed by atoms with Crippen molar-refractivity contribution in [3.63, 3.8) is 0 Å². The molecule has 1 fully saturated rings. The van der Waals surface area contributed by atoms with E-state index < -0.39 is 35.4 Å². The number of hydrogen-bond acceptors (Lipinski definition) is 2. The third-order valence-electron chi connectivity index (χ3n) is 3.52. The molecule has 1 aliphatic rings. The fourth-order valence-corrected chi connectivity index (χ4v) is 2.32. The van der Waals surface area contributed by atoms with Gasteiger partial charge in [-0.3, -0.25) is 4.79 Å². The molecule has 1 aromatic carbocycles. The van der Waals surface area contributed by atoms with Gasteiger partial charge in [0.2, 0.25) is 0 Å². The molecular formula is C14H12F6O2. The van der Waals surface area contributed by atoms with Crippen molar-refractivity contribution in [2.75, 3.05) is 7.11 Å². The number of carbonyl (C=O) groups excluding carboxylic acids is 1. The molecule has 0 radical (unpaired) electrons. The predicted molar refractivity (Wildman–Crippen MR) is 63.9 cm³/mol. The van der Waals surface area contributed by atoms with Gasteiger partial charge in [0.15, 0.2) is 0 Å². The lowest BCUT2D eigenvalue weighted by molar-refractivity contribution is -0.145. The average molecular weight is 326 g/mol. The van der Waals surface area contributed by atoms with Gasteiger partial charge >= 0.3 is 18.3 Å². The summed E-state index contributed by atoms with van der Waals surface area (Å²) in [7, 11) is 1.05. The Morgan fingerprint density at radius 3 is 1.82 bits per heavy atom. The van der Waals surface area contributed by atoms with Crippen LogP contribution in [0.25, 0.3) is 0 Å². The zero-order chi connectivity index (χ0) is 16.7. The summed E-state index contributed by atoms with van der Waals surface area (Å²) < 4.78 is 81.4. The van der Waals surface area contributed by atoms with Crippen LogP contribution in [-0.2, 0) is 21.9 Å². The van der Waals surface area contributed by atoms with Crippen molar-refractivity contribution >= 4 is 5.97 Å². The van der Waals surface area contributed by atoms with Crippen molar-refractivity contribution in [2.45, 2.75) is 31.1 Å². The van der Waals surface area contributed by atoms with E-state index in [-0.39, 0.29) is 17.5 Å². The van der Waals surface area contributed by atoms with E-state index in [0.717, 1.165) is 7.11 Å². The zero-order valence-corrected chi connectivity index (χ0v) is 11.4. The summed E-state index contributed by atoms with van der Waals surface area (Å²) in [5.41, 5.74) is -3.16. The van der Waals surface area contributed by atoms with Crippen molar-refractivity contribution < 1.29 is 35.9 Å². The van der Waals surface area contributed by atoms with Gasteiger partial charge in [0.25, 0.3) is 0 Å². The van der Waals surface area contributed by atoms with Gasteiger partial charge in [0.1, 0.15) is 0 Å². The van der Waals surface area contributed by atoms with E-state index >= 15 is 0 Å². The Bertz CT molecular complexity index is 539. The molecule has 0 amide bonds. The molecule has 8 heteroatoms. The summed E-state index contributed by atoms with van der Waals surface area (Å²) in [6.07, 6.45) is -8.73. The standard InChI is InChI=1S/C14H12F6O2/c1-22-12(21)11(7-2-3-7)8-4-9(13(15,16)17)6-10(5-8)14(18,19)20/h4-7,11H,2-3H2,1H3. The van der Waals surface area contributed by atoms with Crippen LogP contribution in [0.4, 0.5) is 26.3 Å². The molecule has 2 nitrogen and oxygen atoms in total. The minimum atomic E-state index is -4.93. The summed E-state index contributed by atoms with van der Waals surface area (Å²) in [5, 5.41) is 0. The number of esters is 1. The lowest BCUT2D eigenvalue weighted by Gasteiger charge is -2.19. The molecular weight excluding hydrogens is 314 g/mol. The highest BCUT2D eigenvalue weighted by Crippen LogP contribution is 2.45. The molecule has 122 valence electrons. The Balaban J connectivity index is 2.56. The van der Waals surface area contributed by atoms with E-state index in [2.05, 4.69) is 4.74 Å². The summed E-state index contributed by atoms with van der Waals surface area (Å²) in [5.74, 6) is -2.21. The second kappa shape index (κ2) is 5.48. The first-order valence-electron chi connectivity index (χ1n) is 6.41. The molecule has 0 aliphatic heterocycles. The highest BCUT2D eigenvalue weighted by Gasteiger charge is 2.42. The van der Waals surface area contributed by atoms with E-state index in [1.165, 1.54) is 0 Å². The number of halogens is 6. The van der Waals surface area contributed by atoms with Crippen molar-refractivity contribution in [3.05, 3.63) is 34.9 Å². The lowest BCUT2D eigenvalue weighted by atomic mass is 9.91. The average Bonchev–Trinajstić information content (AvgIpc) is 3.21. The Morgan fingerprint density at radius 2 is 1.50 bits per heavy atom. The molecule has 0 N–H and O–H groups in total. The summed E-state index contributed by atoms with van der Waals surface area (Å²) in [6, 6.07) is 1.23. The molecule has 0 saturated heterocycles. The smallest absolute Gasteiger partial charge is 0.416 e. The SMILES string of the molecule is COC(=O)C(c1cc(C(F)(F)F)cc(C(F)(F)F)c1)C1CC1. The van der Waals surface area contributed by atoms with E-state index in [1.807, 2.05) is 0 Å². The molecule has 0 bridgehead atoms. The van der Waals surface area contributed by atoms with Gasteiger partial charge in [-0.1, -0.05) is 0 Å². The molecule has 22 heavy (non-hydrogen) atoms. The molecule has 1 aromatic rings. The Hall–Kier alpha value is -1.73. The maximum atomic E-state index is 12.8. The van der Waals surface area contributed by atoms with Crippen LogP contribution in [0.1, 0.15) is 35.4 Å². The number of benzene rings is 1. The molecule has 1 aliphatic carbocycles. The number of ether oxygens (including phenoxy) is 1. The third kappa shape index (κ3) is 3.53. The van der Waals surface area contributed by atoms with Crippen LogP contribution in [0.3, 0.4) is 0 Å². The highest BCUT2D eigenvalue weighted by atomic mass is 19.4. The number of alkyl halides is 6. The maximum Gasteiger partial charge on any atom is 0.416 e. The molecule has 0 heterocycles. The van der Waals surface area contributed by atoms with Gasteiger partial charge in [-0.15, -0.1) is 0 Å². The van der Waals surface area contributed by atoms with E-state index in [9.17, 15) is 31.1 Å². The lowest BCUT2D eigenvalue weighted by Crippen LogP contribution is -2.19. The van der Waals surface area contributed by atoms with Crippen LogP contribution in [0.15, 0.2) is 18.2 Å². The molecule has 0 spiro atoms. The number of carbonyl (C=O) groups is 1. The van der Waals surface area contributed by atoms with Gasteiger partial charge in [-0.05, 0) is 42.5 Å². The fourth-order valence-electron chi connectivity index (χ4n) is 2.32. The first-order chi connectivity index (χ1) is 10.0. The first kappa shape index (κ1) is 16.6. The number of hydrogen-bond donors (Lipinski definition) is 0. The molecule has 0 aromatic heterocycles. The van der Waals surface area contributed by atoms with Crippen molar-refractivity contribution in [3.8, 4) is 0 Å². The van der Waals surface area contributed by atoms with Crippen molar-refractivity contribution in [1.82, 2.24) is 0 Å². The van der Waals surface area contributed by atoms with Gasteiger partial charge in [-0.25, -0.2) is 0 Å². The van der Waals surface area contributed by atoms with Crippen LogP contribution in [-0.4, -0.2) is 13.1 Å². The van der Waals surface area contributed by atoms with Crippen LogP contribution in [0.5, 0.6) is 0 Å². The Kier molecular flexibility index (Phi) is 4.14. The Morgan fingerprint density at radius 1 is 1.05 bits per heavy atom. The summed E-state index contributed by atoms with van der Waals surface area (Å²) >= 11 is 0. The largest absolute Gasteiger partial charge is 0.469 e. The monoisotopic (exact) mass is 326 g/mol. The van der Waals surface area contributed by atoms with Crippen LogP contribution in [0, 0.1) is 5.92 Å². The summed E-state index contributed by atoms with van der Waals surface area (Å²) in [4.78, 5) is 11.7. The first-order valence-corrected chi connectivity index (χ1v) is 6.41. The second-order valence-corrected chi connectivity index (χ2v) is 5.18. The zero-order valence-electron chi connectivity index (χ0n) is 11.4. The maximum absolute atomic E-state index is 12.8. The van der Waals surface area contributed by atoms with Gasteiger partial charge < -0.3 is 4.74 Å². The summed E-state index contributed by atoms with van der Waals surface area (Å²) in [6.45, 7) is 0. The molecule has 1 unspecified atom stereocenters. The number of rotatable bonds is 3. The Labute approximate surface area is 122 Å². The van der Waals surface area contributed by atoms with E-state index in [1.54, 1.807) is 0 Å². The predicted octanol–water partition coefficient (Wildman–Crippen LogP) is 4.39. The topological polar surface area (TPSA) is 26.3 Å². The number of methoxy groups -OCH3 is 1. The fraction of sp³-hybridized carbons (Fsp3) is 0.500. The van der Waals surface area contributed by atoms with Crippen molar-refractivity contribution in [2.24, 2.45) is 5.92 Å². The van der Waals surface area contributed by atoms with Crippen molar-refractivity contribution in [1.29, 1.82) is 0 Å². The second-order valence-electron chi connectivity index (χ2n) is 5.18. The van der Waals surface area contributed by atoms with Crippen LogP contribution in [0.2, 0.25) is 0 Å². The normalized spacial score (nSPS) is 17.2. The van der Waals surface area contributed by atoms with Gasteiger partial charge in [-0.2, -0.15) is 26.3 Å². The minimum absolute atomic E-state index is 0.0464. The van der Waals surface area contributed by atoms with Gasteiger partial charge in [0.05, 0.1) is 24.2 Å². The van der Waals surface area contributed by atoms with E-state index in [0.29, 0.717) is 25.0 Å².